The van der Waals surface area contributed by atoms with Gasteiger partial charge in [0.2, 0.25) is 5.91 Å². The van der Waals surface area contributed by atoms with Crippen LogP contribution in [0.4, 0.5) is 9.52 Å². The number of benzene rings is 2. The highest BCUT2D eigenvalue weighted by atomic mass is 32.1. The predicted molar refractivity (Wildman–Crippen MR) is 127 cm³/mol. The Hall–Kier alpha value is -3.46. The number of fused-ring (bicyclic) bond motifs is 1. The number of carbonyl (C=O) groups is 1. The number of thiazole rings is 1. The molecule has 0 bridgehead atoms. The molecule has 0 unspecified atom stereocenters. The summed E-state index contributed by atoms with van der Waals surface area (Å²) in [5.74, 6) is 0.572. The second-order valence-electron chi connectivity index (χ2n) is 8.02. The van der Waals surface area contributed by atoms with Crippen molar-refractivity contribution in [2.24, 2.45) is 0 Å². The lowest BCUT2D eigenvalue weighted by Gasteiger charge is -2.34. The standard InChI is InChI=1S/C24H24FN5O2S/c1-16-22-23(30(27-16)19-7-9-20(32-2)10-8-19)26-24(33-22)29-13-11-28(12-14-29)21(31)15-17-3-5-18(25)6-4-17/h3-10H,11-15H2,1-2H3. The fourth-order valence-corrected chi connectivity index (χ4v) is 5.04. The second-order valence-corrected chi connectivity index (χ2v) is 8.99. The average Bonchev–Trinajstić information content (AvgIpc) is 3.41. The van der Waals surface area contributed by atoms with Crippen LogP contribution in [0, 0.1) is 12.7 Å². The smallest absolute Gasteiger partial charge is 0.227 e. The number of nitrogens with zero attached hydrogens (tertiary/aromatic N) is 5. The van der Waals surface area contributed by atoms with Crippen LogP contribution in [0.15, 0.2) is 48.5 Å². The SMILES string of the molecule is COc1ccc(-n2nc(C)c3sc(N4CCN(C(=O)Cc5ccc(F)cc5)CC4)nc32)cc1. The van der Waals surface area contributed by atoms with Crippen LogP contribution >= 0.6 is 11.3 Å². The third-order valence-electron chi connectivity index (χ3n) is 5.87. The molecule has 170 valence electrons. The first-order chi connectivity index (χ1) is 16.0. The monoisotopic (exact) mass is 465 g/mol. The van der Waals surface area contributed by atoms with Gasteiger partial charge in [-0.15, -0.1) is 0 Å². The third-order valence-corrected chi connectivity index (χ3v) is 7.08. The topological polar surface area (TPSA) is 63.5 Å². The average molecular weight is 466 g/mol. The Morgan fingerprint density at radius 1 is 1.06 bits per heavy atom. The zero-order valence-corrected chi connectivity index (χ0v) is 19.3. The Labute approximate surface area is 195 Å². The van der Waals surface area contributed by atoms with E-state index in [1.165, 1.54) is 12.1 Å². The molecule has 1 saturated heterocycles. The molecule has 1 fully saturated rings. The molecule has 4 aromatic rings. The van der Waals surface area contributed by atoms with Crippen molar-refractivity contribution < 1.29 is 13.9 Å². The zero-order chi connectivity index (χ0) is 22.9. The van der Waals surface area contributed by atoms with Crippen LogP contribution in [0.25, 0.3) is 16.0 Å². The van der Waals surface area contributed by atoms with Gasteiger partial charge in [-0.2, -0.15) is 10.1 Å². The summed E-state index contributed by atoms with van der Waals surface area (Å²) in [6.07, 6.45) is 0.290. The normalized spacial score (nSPS) is 14.2. The van der Waals surface area contributed by atoms with Crippen LogP contribution in [-0.4, -0.2) is 58.9 Å². The molecule has 2 aromatic heterocycles. The fourth-order valence-electron chi connectivity index (χ4n) is 4.00. The van der Waals surface area contributed by atoms with Gasteiger partial charge < -0.3 is 14.5 Å². The number of ether oxygens (including phenoxy) is 1. The molecule has 0 radical (unpaired) electrons. The summed E-state index contributed by atoms with van der Waals surface area (Å²) in [7, 11) is 1.65. The quantitative estimate of drug-likeness (QED) is 0.448. The van der Waals surface area contributed by atoms with E-state index in [4.69, 9.17) is 9.72 Å². The van der Waals surface area contributed by atoms with Gasteiger partial charge in [-0.25, -0.2) is 9.07 Å². The molecular weight excluding hydrogens is 441 g/mol. The Balaban J connectivity index is 1.28. The van der Waals surface area contributed by atoms with E-state index in [0.717, 1.165) is 51.3 Å². The molecule has 2 aromatic carbocycles. The minimum atomic E-state index is -0.291. The number of hydrogen-bond donors (Lipinski definition) is 0. The van der Waals surface area contributed by atoms with Crippen LogP contribution in [0.3, 0.4) is 0 Å². The highest BCUT2D eigenvalue weighted by Crippen LogP contribution is 2.33. The minimum Gasteiger partial charge on any atom is -0.497 e. The number of rotatable bonds is 5. The summed E-state index contributed by atoms with van der Waals surface area (Å²) in [4.78, 5) is 21.7. The van der Waals surface area contributed by atoms with E-state index < -0.39 is 0 Å². The number of amides is 1. The zero-order valence-electron chi connectivity index (χ0n) is 18.5. The van der Waals surface area contributed by atoms with Gasteiger partial charge in [0, 0.05) is 26.2 Å². The number of carbonyl (C=O) groups excluding carboxylic acids is 1. The molecule has 9 heteroatoms. The van der Waals surface area contributed by atoms with Crippen LogP contribution in [0.5, 0.6) is 5.75 Å². The molecule has 1 amide bonds. The van der Waals surface area contributed by atoms with Gasteiger partial charge in [-0.05, 0) is 48.9 Å². The fraction of sp³-hybridized carbons (Fsp3) is 0.292. The number of aromatic nitrogens is 3. The third kappa shape index (κ3) is 4.28. The van der Waals surface area contributed by atoms with E-state index in [2.05, 4.69) is 10.00 Å². The van der Waals surface area contributed by atoms with Crippen LogP contribution in [0.2, 0.25) is 0 Å². The molecule has 0 atom stereocenters. The molecule has 0 aliphatic carbocycles. The van der Waals surface area contributed by atoms with E-state index in [1.54, 1.807) is 30.6 Å². The van der Waals surface area contributed by atoms with Crippen molar-refractivity contribution >= 4 is 32.7 Å². The van der Waals surface area contributed by atoms with Crippen LogP contribution in [0.1, 0.15) is 11.3 Å². The van der Waals surface area contributed by atoms with Gasteiger partial charge in [-0.1, -0.05) is 23.5 Å². The molecule has 0 N–H and O–H groups in total. The first-order valence-corrected chi connectivity index (χ1v) is 11.6. The molecule has 0 saturated carbocycles. The van der Waals surface area contributed by atoms with E-state index in [1.807, 2.05) is 40.8 Å². The van der Waals surface area contributed by atoms with Crippen molar-refractivity contribution in [3.8, 4) is 11.4 Å². The van der Waals surface area contributed by atoms with Crippen molar-refractivity contribution in [2.75, 3.05) is 38.2 Å². The lowest BCUT2D eigenvalue weighted by atomic mass is 10.1. The number of aryl methyl sites for hydroxylation is 1. The van der Waals surface area contributed by atoms with Gasteiger partial charge in [0.1, 0.15) is 11.6 Å². The summed E-state index contributed by atoms with van der Waals surface area (Å²) in [6.45, 7) is 4.72. The first-order valence-electron chi connectivity index (χ1n) is 10.8. The highest BCUT2D eigenvalue weighted by Gasteiger charge is 2.25. The molecular formula is C24H24FN5O2S. The van der Waals surface area contributed by atoms with Crippen LogP contribution < -0.4 is 9.64 Å². The van der Waals surface area contributed by atoms with E-state index in [0.29, 0.717) is 13.1 Å². The molecule has 1 aliphatic heterocycles. The number of methoxy groups -OCH3 is 1. The molecule has 5 rings (SSSR count). The minimum absolute atomic E-state index is 0.0663. The molecule has 3 heterocycles. The number of halogens is 1. The van der Waals surface area contributed by atoms with Gasteiger partial charge in [0.25, 0.3) is 0 Å². The highest BCUT2D eigenvalue weighted by molar-refractivity contribution is 7.22. The Morgan fingerprint density at radius 2 is 1.76 bits per heavy atom. The molecule has 33 heavy (non-hydrogen) atoms. The van der Waals surface area contributed by atoms with Gasteiger partial charge in [0.05, 0.1) is 29.6 Å². The van der Waals surface area contributed by atoms with Gasteiger partial charge >= 0.3 is 0 Å². The summed E-state index contributed by atoms with van der Waals surface area (Å²) < 4.78 is 21.3. The largest absolute Gasteiger partial charge is 0.497 e. The Bertz CT molecular complexity index is 1270. The van der Waals surface area contributed by atoms with Crippen molar-refractivity contribution in [3.05, 3.63) is 65.6 Å². The molecule has 0 spiro atoms. The lowest BCUT2D eigenvalue weighted by Crippen LogP contribution is -2.49. The van der Waals surface area contributed by atoms with E-state index in [-0.39, 0.29) is 18.1 Å². The maximum atomic E-state index is 13.1. The van der Waals surface area contributed by atoms with E-state index >= 15 is 0 Å². The predicted octanol–water partition coefficient (Wildman–Crippen LogP) is 3.83. The summed E-state index contributed by atoms with van der Waals surface area (Å²) in [5.41, 5.74) is 3.54. The first kappa shape index (κ1) is 21.4. The Kier molecular flexibility index (Phi) is 5.72. The van der Waals surface area contributed by atoms with Crippen molar-refractivity contribution in [1.29, 1.82) is 0 Å². The maximum Gasteiger partial charge on any atom is 0.227 e. The second kappa shape index (κ2) is 8.82. The van der Waals surface area contributed by atoms with Crippen molar-refractivity contribution in [3.63, 3.8) is 0 Å². The number of anilines is 1. The molecule has 7 nitrogen and oxygen atoms in total. The van der Waals surface area contributed by atoms with E-state index in [9.17, 15) is 9.18 Å². The summed E-state index contributed by atoms with van der Waals surface area (Å²) in [5, 5.41) is 5.61. The Morgan fingerprint density at radius 3 is 2.42 bits per heavy atom. The summed E-state index contributed by atoms with van der Waals surface area (Å²) in [6, 6.07) is 13.9. The maximum absolute atomic E-state index is 13.1. The number of piperazine rings is 1. The van der Waals surface area contributed by atoms with Gasteiger partial charge in [-0.3, -0.25) is 4.79 Å². The molecule has 1 aliphatic rings. The summed E-state index contributed by atoms with van der Waals surface area (Å²) >= 11 is 1.63. The lowest BCUT2D eigenvalue weighted by molar-refractivity contribution is -0.130. The van der Waals surface area contributed by atoms with Crippen molar-refractivity contribution in [2.45, 2.75) is 13.3 Å². The number of hydrogen-bond acceptors (Lipinski definition) is 6. The van der Waals surface area contributed by atoms with Gasteiger partial charge in [0.15, 0.2) is 10.8 Å². The van der Waals surface area contributed by atoms with Crippen LogP contribution in [-0.2, 0) is 11.2 Å². The van der Waals surface area contributed by atoms with Crippen molar-refractivity contribution in [1.82, 2.24) is 19.7 Å².